The maximum Gasteiger partial charge on any atom is 0.337 e. The van der Waals surface area contributed by atoms with Crippen LogP contribution in [-0.2, 0) is 11.3 Å². The van der Waals surface area contributed by atoms with Gasteiger partial charge in [0.1, 0.15) is 0 Å². The number of aromatic nitrogens is 2. The number of aliphatic hydroxyl groups is 1. The fraction of sp³-hybridized carbons (Fsp3) is 0.667. The van der Waals surface area contributed by atoms with Gasteiger partial charge in [-0.1, -0.05) is 26.0 Å². The average Bonchev–Trinajstić information content (AvgIpc) is 3.11. The Morgan fingerprint density at radius 3 is 2.41 bits per heavy atom. The van der Waals surface area contributed by atoms with Crippen molar-refractivity contribution < 1.29 is 14.6 Å². The highest BCUT2D eigenvalue weighted by atomic mass is 16.5. The highest BCUT2D eigenvalue weighted by molar-refractivity contribution is 5.89. The minimum absolute atomic E-state index is 0.296. The number of hydrogen-bond donors (Lipinski definition) is 2. The molecule has 1 aromatic carbocycles. The topological polar surface area (TPSA) is 88.7 Å². The number of fused-ring (bicyclic) bond motifs is 1. The third-order valence-electron chi connectivity index (χ3n) is 6.55. The van der Waals surface area contributed by atoms with Gasteiger partial charge in [0, 0.05) is 45.7 Å². The zero-order valence-corrected chi connectivity index (χ0v) is 19.7. The van der Waals surface area contributed by atoms with E-state index in [0.29, 0.717) is 57.1 Å². The minimum atomic E-state index is -0.631. The first kappa shape index (κ1) is 24.5. The number of ether oxygens (including phenoxy) is 1. The molecule has 2 N–H and O–H groups in total. The molecule has 32 heavy (non-hydrogen) atoms. The van der Waals surface area contributed by atoms with Gasteiger partial charge in [0.05, 0.1) is 16.6 Å². The molecule has 1 aromatic heterocycles. The Labute approximate surface area is 190 Å². The lowest BCUT2D eigenvalue weighted by Crippen LogP contribution is -2.49. The number of nitrogens with one attached hydrogen (secondary N) is 1. The van der Waals surface area contributed by atoms with Crippen LogP contribution in [0, 0.1) is 5.92 Å². The number of imidazole rings is 1. The van der Waals surface area contributed by atoms with Gasteiger partial charge in [0.15, 0.2) is 0 Å². The molecule has 0 bridgehead atoms. The lowest BCUT2D eigenvalue weighted by atomic mass is 9.91. The Bertz CT molecular complexity index is 937. The number of carbonyl (C=O) groups excluding carboxylic acids is 1. The molecule has 2 aromatic rings. The van der Waals surface area contributed by atoms with E-state index in [-0.39, 0.29) is 11.7 Å². The fourth-order valence-electron chi connectivity index (χ4n) is 4.70. The Morgan fingerprint density at radius 2 is 1.78 bits per heavy atom. The third-order valence-corrected chi connectivity index (χ3v) is 6.55. The van der Waals surface area contributed by atoms with Crippen LogP contribution in [0.4, 0.5) is 4.79 Å². The van der Waals surface area contributed by atoms with Gasteiger partial charge in [-0.05, 0) is 50.9 Å². The van der Waals surface area contributed by atoms with Crippen molar-refractivity contribution in [3.05, 3.63) is 34.7 Å². The van der Waals surface area contributed by atoms with Crippen molar-refractivity contribution in [2.24, 2.45) is 5.92 Å². The maximum atomic E-state index is 12.8. The molecule has 2 fully saturated rings. The van der Waals surface area contributed by atoms with Gasteiger partial charge in [-0.25, -0.2) is 14.2 Å². The van der Waals surface area contributed by atoms with Crippen LogP contribution in [0.5, 0.6) is 0 Å². The van der Waals surface area contributed by atoms with Crippen molar-refractivity contribution >= 4 is 17.1 Å². The van der Waals surface area contributed by atoms with E-state index in [1.807, 2.05) is 45.0 Å². The molecule has 0 atom stereocenters. The summed E-state index contributed by atoms with van der Waals surface area (Å²) < 4.78 is 8.23. The molecule has 2 saturated heterocycles. The normalized spacial score (nSPS) is 19.4. The number of piperidine rings is 1. The quantitative estimate of drug-likeness (QED) is 0.737. The average molecular weight is 447 g/mol. The fourth-order valence-corrected chi connectivity index (χ4v) is 4.70. The smallest absolute Gasteiger partial charge is 0.337 e. The van der Waals surface area contributed by atoms with Crippen LogP contribution < -0.4 is 11.0 Å². The van der Waals surface area contributed by atoms with Crippen LogP contribution >= 0.6 is 0 Å². The van der Waals surface area contributed by atoms with E-state index in [9.17, 15) is 14.7 Å². The lowest BCUT2D eigenvalue weighted by Gasteiger charge is -2.39. The Hall–Kier alpha value is -2.16. The van der Waals surface area contributed by atoms with Gasteiger partial charge in [-0.2, -0.15) is 0 Å². The van der Waals surface area contributed by atoms with Crippen molar-refractivity contribution in [2.75, 3.05) is 39.4 Å². The second-order valence-electron chi connectivity index (χ2n) is 8.59. The zero-order chi connectivity index (χ0) is 23.1. The van der Waals surface area contributed by atoms with E-state index in [0.717, 1.165) is 31.4 Å². The van der Waals surface area contributed by atoms with Crippen LogP contribution in [0.2, 0.25) is 0 Å². The second kappa shape index (κ2) is 11.1. The van der Waals surface area contributed by atoms with Gasteiger partial charge < -0.3 is 20.1 Å². The molecule has 0 saturated carbocycles. The first-order valence-corrected chi connectivity index (χ1v) is 12.0. The highest BCUT2D eigenvalue weighted by Crippen LogP contribution is 2.25. The number of benzene rings is 1. The summed E-state index contributed by atoms with van der Waals surface area (Å²) in [6, 6.07) is 7.03. The largest absolute Gasteiger partial charge is 0.388 e. The van der Waals surface area contributed by atoms with Gasteiger partial charge in [0.2, 0.25) is 0 Å². The molecule has 3 heterocycles. The van der Waals surface area contributed by atoms with Crippen LogP contribution in [0.15, 0.2) is 29.1 Å². The van der Waals surface area contributed by atoms with Crippen LogP contribution in [0.25, 0.3) is 11.0 Å². The van der Waals surface area contributed by atoms with Gasteiger partial charge in [0.25, 0.3) is 0 Å². The number of likely N-dealkylation sites (tertiary alicyclic amines) is 1. The summed E-state index contributed by atoms with van der Waals surface area (Å²) in [7, 11) is 0. The van der Waals surface area contributed by atoms with Gasteiger partial charge >= 0.3 is 11.7 Å². The number of nitrogens with zero attached hydrogens (tertiary/aromatic N) is 3. The van der Waals surface area contributed by atoms with E-state index in [2.05, 4.69) is 10.2 Å². The number of rotatable bonds is 5. The summed E-state index contributed by atoms with van der Waals surface area (Å²) in [5.41, 5.74) is 0.491. The Morgan fingerprint density at radius 1 is 1.16 bits per heavy atom. The molecule has 178 valence electrons. The van der Waals surface area contributed by atoms with Crippen LogP contribution in [0.1, 0.15) is 46.5 Å². The molecular weight excluding hydrogens is 408 g/mol. The Balaban J connectivity index is 0.00000141. The monoisotopic (exact) mass is 446 g/mol. The first-order valence-electron chi connectivity index (χ1n) is 12.0. The zero-order valence-electron chi connectivity index (χ0n) is 19.7. The third kappa shape index (κ3) is 5.42. The van der Waals surface area contributed by atoms with E-state index >= 15 is 0 Å². The van der Waals surface area contributed by atoms with E-state index in [1.54, 1.807) is 4.57 Å². The van der Waals surface area contributed by atoms with E-state index < -0.39 is 5.60 Å². The predicted octanol–water partition coefficient (Wildman–Crippen LogP) is 2.66. The summed E-state index contributed by atoms with van der Waals surface area (Å²) in [6.45, 7) is 10.8. The van der Waals surface area contributed by atoms with Crippen molar-refractivity contribution in [3.63, 3.8) is 0 Å². The highest BCUT2D eigenvalue weighted by Gasteiger charge is 2.33. The molecule has 2 aliphatic rings. The predicted molar refractivity (Wildman–Crippen MR) is 126 cm³/mol. The molecule has 0 aliphatic carbocycles. The molecule has 0 spiro atoms. The Kier molecular flexibility index (Phi) is 8.51. The van der Waals surface area contributed by atoms with E-state index in [4.69, 9.17) is 4.74 Å². The molecule has 8 heteroatoms. The van der Waals surface area contributed by atoms with Gasteiger partial charge in [-0.15, -0.1) is 0 Å². The molecule has 0 radical (unpaired) electrons. The standard InChI is InChI=1S/C22H32N4O4.C2H6/c1-2-25-18-5-3-4-6-19(18)26(21(25)28)20(27)23-15-17-7-11-24(12-8-17)16-22(29)9-13-30-14-10-22;1-2/h3-6,17,29H,2,7-16H2,1H3,(H,23,27);1-2H3. The maximum absolute atomic E-state index is 12.8. The lowest BCUT2D eigenvalue weighted by molar-refractivity contribution is -0.0829. The number of β-amino-alcohol motifs (C(OH)–C–C–N with tert-alkyl or cyclic N) is 1. The molecular formula is C24H38N4O4. The number of amides is 1. The van der Waals surface area contributed by atoms with Crippen LogP contribution in [0.3, 0.4) is 0 Å². The van der Waals surface area contributed by atoms with E-state index in [1.165, 1.54) is 4.57 Å². The molecule has 0 unspecified atom stereocenters. The van der Waals surface area contributed by atoms with Crippen molar-refractivity contribution in [2.45, 2.75) is 58.6 Å². The molecule has 8 nitrogen and oxygen atoms in total. The summed E-state index contributed by atoms with van der Waals surface area (Å²) in [5, 5.41) is 13.7. The summed E-state index contributed by atoms with van der Waals surface area (Å²) in [6.07, 6.45) is 3.34. The van der Waals surface area contributed by atoms with Gasteiger partial charge in [-0.3, -0.25) is 4.57 Å². The molecule has 1 amide bonds. The summed E-state index contributed by atoms with van der Waals surface area (Å²) >= 11 is 0. The molecule has 4 rings (SSSR count). The SMILES string of the molecule is CC.CCn1c(=O)n(C(=O)NCC2CCN(CC3(O)CCOCC3)CC2)c2ccccc21. The van der Waals surface area contributed by atoms with Crippen molar-refractivity contribution in [1.82, 2.24) is 19.4 Å². The number of aryl methyl sites for hydroxylation is 1. The second-order valence-corrected chi connectivity index (χ2v) is 8.59. The van der Waals surface area contributed by atoms with Crippen LogP contribution in [-0.4, -0.2) is 70.2 Å². The number of para-hydroxylation sites is 2. The first-order chi connectivity index (χ1) is 15.5. The number of hydrogen-bond acceptors (Lipinski definition) is 5. The number of carbonyl (C=O) groups is 1. The molecule has 2 aliphatic heterocycles. The van der Waals surface area contributed by atoms with Crippen molar-refractivity contribution in [3.8, 4) is 0 Å². The minimum Gasteiger partial charge on any atom is -0.388 e. The summed E-state index contributed by atoms with van der Waals surface area (Å²) in [4.78, 5) is 27.8. The van der Waals surface area contributed by atoms with Crippen molar-refractivity contribution in [1.29, 1.82) is 0 Å². The summed E-state index contributed by atoms with van der Waals surface area (Å²) in [5.74, 6) is 0.379.